The molecule has 0 aromatic heterocycles. The van der Waals surface area contributed by atoms with Crippen molar-refractivity contribution in [2.45, 2.75) is 44.1 Å². The summed E-state index contributed by atoms with van der Waals surface area (Å²) in [6.45, 7) is 0.366. The monoisotopic (exact) mass is 378 g/mol. The van der Waals surface area contributed by atoms with Crippen LogP contribution < -0.4 is 33.4 Å². The Morgan fingerprint density at radius 2 is 1.68 bits per heavy atom. The van der Waals surface area contributed by atoms with E-state index in [4.69, 9.17) is 22.3 Å². The summed E-state index contributed by atoms with van der Waals surface area (Å²) < 4.78 is 0. The minimum Gasteiger partial charge on any atom is -0.481 e. The summed E-state index contributed by atoms with van der Waals surface area (Å²) in [5.74, 6) is -2.74. The highest BCUT2D eigenvalue weighted by Crippen LogP contribution is 2.04. The van der Waals surface area contributed by atoms with Gasteiger partial charge < -0.3 is 22.3 Å². The number of rotatable bonds is 15. The van der Waals surface area contributed by atoms with Crippen LogP contribution in [-0.2, 0) is 19.2 Å². The Hall–Kier alpha value is -1.33. The number of Topliss-reactive ketones (excluding diaryl/α,β-unsaturated/α-hetero) is 2. The average molecular weight is 378 g/mol. The lowest BCUT2D eigenvalue weighted by Gasteiger charge is -2.19. The molecule has 25 heavy (non-hydrogen) atoms. The molecule has 0 amide bonds. The summed E-state index contributed by atoms with van der Waals surface area (Å²) in [4.78, 5) is 45.8. The average Bonchev–Trinajstić information content (AvgIpc) is 2.52. The zero-order chi connectivity index (χ0) is 19.4. The van der Waals surface area contributed by atoms with Gasteiger partial charge in [0.05, 0.1) is 18.6 Å². The molecule has 11 nitrogen and oxygen atoms in total. The number of carboxylic acids is 1. The molecule has 0 aliphatic carbocycles. The molecule has 0 aromatic rings. The van der Waals surface area contributed by atoms with Crippen LogP contribution in [0.25, 0.3) is 0 Å². The maximum Gasteiger partial charge on any atom is 0.303 e. The number of nitrogens with one attached hydrogen (secondary N) is 3. The van der Waals surface area contributed by atoms with Gasteiger partial charge in [0.2, 0.25) is 11.6 Å². The fourth-order valence-electron chi connectivity index (χ4n) is 1.87. The lowest BCUT2D eigenvalue weighted by Crippen LogP contribution is -2.52. The second-order valence-corrected chi connectivity index (χ2v) is 6.05. The van der Waals surface area contributed by atoms with Gasteiger partial charge in [-0.3, -0.25) is 24.5 Å². The Labute approximate surface area is 148 Å². The van der Waals surface area contributed by atoms with E-state index in [9.17, 15) is 19.2 Å². The quantitative estimate of drug-likeness (QED) is 0.0495. The van der Waals surface area contributed by atoms with Crippen molar-refractivity contribution in [3.05, 3.63) is 0 Å². The van der Waals surface area contributed by atoms with Gasteiger partial charge in [-0.25, -0.2) is 10.9 Å². The second-order valence-electron chi connectivity index (χ2n) is 5.41. The predicted octanol–water partition coefficient (Wildman–Crippen LogP) is -3.25. The molecular weight excluding hydrogens is 351 g/mol. The molecule has 0 radical (unpaired) electrons. The summed E-state index contributed by atoms with van der Waals surface area (Å²) in [7, 11) is 1.97. The number of carbonyl (C=O) groups excluding carboxylic acids is 3. The standard InChI is InChI=1S/C13H27N6O5P/c14-7(3-4-9(20)21)11(23)12(24)8(19-18-6-10(22)25)2-1-5-17-13(15)16/h7-8,13,17-19H,1-6,14-16,25H2,(H,20,21)/t7-,8-/m0/s1. The molecule has 0 aliphatic heterocycles. The van der Waals surface area contributed by atoms with E-state index in [1.165, 1.54) is 0 Å². The van der Waals surface area contributed by atoms with E-state index in [1.807, 2.05) is 9.24 Å². The zero-order valence-corrected chi connectivity index (χ0v) is 15.0. The molecule has 3 atom stereocenters. The van der Waals surface area contributed by atoms with Gasteiger partial charge >= 0.3 is 5.97 Å². The molecule has 10 N–H and O–H groups in total. The van der Waals surface area contributed by atoms with Gasteiger partial charge in [-0.15, -0.1) is 0 Å². The van der Waals surface area contributed by atoms with Crippen molar-refractivity contribution in [2.75, 3.05) is 13.1 Å². The second kappa shape index (κ2) is 13.0. The molecule has 0 saturated carbocycles. The minimum absolute atomic E-state index is 0.0559. The fraction of sp³-hybridized carbons (Fsp3) is 0.692. The number of hydrazine groups is 1. The first-order chi connectivity index (χ1) is 11.6. The molecule has 12 heteroatoms. The highest BCUT2D eigenvalue weighted by molar-refractivity contribution is 7.40. The van der Waals surface area contributed by atoms with E-state index < -0.39 is 35.9 Å². The third-order valence-corrected chi connectivity index (χ3v) is 3.36. The van der Waals surface area contributed by atoms with Crippen molar-refractivity contribution in [3.8, 4) is 0 Å². The van der Waals surface area contributed by atoms with Crippen LogP contribution in [-0.4, -0.2) is 59.6 Å². The van der Waals surface area contributed by atoms with Gasteiger partial charge in [0, 0.05) is 6.42 Å². The van der Waals surface area contributed by atoms with E-state index in [-0.39, 0.29) is 31.3 Å². The van der Waals surface area contributed by atoms with Crippen LogP contribution in [0.5, 0.6) is 0 Å². The molecule has 0 spiro atoms. The molecule has 0 aliphatic rings. The first-order valence-electron chi connectivity index (χ1n) is 7.71. The van der Waals surface area contributed by atoms with Crippen molar-refractivity contribution in [3.63, 3.8) is 0 Å². The Balaban J connectivity index is 4.66. The van der Waals surface area contributed by atoms with Gasteiger partial charge in [0.15, 0.2) is 5.52 Å². The van der Waals surface area contributed by atoms with Gasteiger partial charge in [-0.2, -0.15) is 0 Å². The van der Waals surface area contributed by atoms with E-state index in [1.54, 1.807) is 0 Å². The molecule has 0 heterocycles. The van der Waals surface area contributed by atoms with Crippen molar-refractivity contribution < 1.29 is 24.3 Å². The Kier molecular flexibility index (Phi) is 12.3. The number of aliphatic carboxylic acids is 1. The summed E-state index contributed by atoms with van der Waals surface area (Å²) >= 11 is 0. The highest BCUT2D eigenvalue weighted by atomic mass is 31.0. The summed E-state index contributed by atoms with van der Waals surface area (Å²) in [5, 5.41) is 11.4. The largest absolute Gasteiger partial charge is 0.481 e. The lowest BCUT2D eigenvalue weighted by atomic mass is 9.97. The van der Waals surface area contributed by atoms with Gasteiger partial charge in [0.25, 0.3) is 0 Å². The molecule has 0 bridgehead atoms. The molecular formula is C13H27N6O5P. The topological polar surface area (TPSA) is 203 Å². The van der Waals surface area contributed by atoms with Crippen LogP contribution in [0.4, 0.5) is 0 Å². The van der Waals surface area contributed by atoms with Crippen LogP contribution >= 0.6 is 9.24 Å². The number of hydrogen-bond acceptors (Lipinski definition) is 10. The third kappa shape index (κ3) is 11.8. The van der Waals surface area contributed by atoms with Gasteiger partial charge in [-0.05, 0) is 25.8 Å². The Morgan fingerprint density at radius 3 is 2.20 bits per heavy atom. The van der Waals surface area contributed by atoms with Gasteiger partial charge in [-0.1, -0.05) is 9.24 Å². The lowest BCUT2D eigenvalue weighted by molar-refractivity contribution is -0.140. The predicted molar refractivity (Wildman–Crippen MR) is 93.9 cm³/mol. The normalized spacial score (nSPS) is 13.5. The number of carbonyl (C=O) groups is 4. The van der Waals surface area contributed by atoms with Crippen molar-refractivity contribution in [2.24, 2.45) is 17.2 Å². The number of carboxylic acid groups (broad SMARTS) is 1. The maximum absolute atomic E-state index is 12.3. The summed E-state index contributed by atoms with van der Waals surface area (Å²) in [6.07, 6.45) is -0.401. The minimum atomic E-state index is -1.19. The third-order valence-electron chi connectivity index (χ3n) is 3.15. The van der Waals surface area contributed by atoms with Crippen molar-refractivity contribution in [1.29, 1.82) is 0 Å². The maximum atomic E-state index is 12.3. The molecule has 0 rings (SSSR count). The van der Waals surface area contributed by atoms with Crippen LogP contribution in [0.3, 0.4) is 0 Å². The summed E-state index contributed by atoms with van der Waals surface area (Å²) in [5.41, 5.74) is 21.2. The SMILES string of the molecule is NC(N)NCCC[C@H](NNCC(=O)P)C(=O)C(=O)[C@@H](N)CCC(=O)O. The van der Waals surface area contributed by atoms with E-state index in [2.05, 4.69) is 16.2 Å². The fourth-order valence-corrected chi connectivity index (χ4v) is 1.97. The smallest absolute Gasteiger partial charge is 0.303 e. The highest BCUT2D eigenvalue weighted by Gasteiger charge is 2.29. The molecule has 0 saturated heterocycles. The summed E-state index contributed by atoms with van der Waals surface area (Å²) in [6, 6.07) is -2.10. The van der Waals surface area contributed by atoms with Crippen LogP contribution in [0.15, 0.2) is 0 Å². The number of ketones is 2. The zero-order valence-electron chi connectivity index (χ0n) is 13.9. The molecule has 0 fully saturated rings. The van der Waals surface area contributed by atoms with Crippen LogP contribution in [0, 0.1) is 0 Å². The van der Waals surface area contributed by atoms with E-state index in [0.29, 0.717) is 13.0 Å². The first kappa shape index (κ1) is 23.7. The molecule has 1 unspecified atom stereocenters. The first-order valence-corrected chi connectivity index (χ1v) is 8.29. The number of nitrogens with two attached hydrogens (primary N) is 3. The van der Waals surface area contributed by atoms with Crippen LogP contribution in [0.2, 0.25) is 0 Å². The molecule has 0 aromatic carbocycles. The Bertz CT molecular complexity index is 476. The van der Waals surface area contributed by atoms with E-state index in [0.717, 1.165) is 0 Å². The van der Waals surface area contributed by atoms with Crippen molar-refractivity contribution in [1.82, 2.24) is 16.2 Å². The molecule has 144 valence electrons. The Morgan fingerprint density at radius 1 is 1.04 bits per heavy atom. The van der Waals surface area contributed by atoms with Crippen LogP contribution in [0.1, 0.15) is 25.7 Å². The van der Waals surface area contributed by atoms with Gasteiger partial charge in [0.1, 0.15) is 6.29 Å². The van der Waals surface area contributed by atoms with Crippen molar-refractivity contribution >= 4 is 32.3 Å². The van der Waals surface area contributed by atoms with E-state index >= 15 is 0 Å². The number of hydrogen-bond donors (Lipinski definition) is 7.